The summed E-state index contributed by atoms with van der Waals surface area (Å²) in [7, 11) is 1.81. The van der Waals surface area contributed by atoms with Gasteiger partial charge in [-0.25, -0.2) is 9.97 Å². The lowest BCUT2D eigenvalue weighted by atomic mass is 10.1. The Morgan fingerprint density at radius 3 is 2.96 bits per heavy atom. The summed E-state index contributed by atoms with van der Waals surface area (Å²) in [6, 6.07) is 3.86. The quantitative estimate of drug-likeness (QED) is 0.795. The number of anilines is 1. The first kappa shape index (κ1) is 15.6. The molecule has 1 N–H and O–H groups in total. The second-order valence-corrected chi connectivity index (χ2v) is 6.33. The zero-order chi connectivity index (χ0) is 17.4. The highest BCUT2D eigenvalue weighted by atomic mass is 16.2. The standard InChI is InChI=1S/C18H20N6O/c1-12-5-6-17-22-14(11-23(17)10-12)18(25)24-7-3-4-15(24)13-8-20-9-16(19-2)21-13/h5-6,8-11,15H,3-4,7H2,1-2H3,(H,19,21). The van der Waals surface area contributed by atoms with Gasteiger partial charge in [-0.1, -0.05) is 6.07 Å². The molecule has 1 fully saturated rings. The van der Waals surface area contributed by atoms with E-state index in [9.17, 15) is 4.79 Å². The van der Waals surface area contributed by atoms with Crippen LogP contribution in [-0.4, -0.2) is 43.8 Å². The Hall–Kier alpha value is -2.96. The molecular formula is C18H20N6O. The summed E-state index contributed by atoms with van der Waals surface area (Å²) in [6.45, 7) is 2.73. The second-order valence-electron chi connectivity index (χ2n) is 6.33. The Labute approximate surface area is 145 Å². The van der Waals surface area contributed by atoms with Crippen LogP contribution in [0.25, 0.3) is 5.65 Å². The molecule has 0 spiro atoms. The maximum Gasteiger partial charge on any atom is 0.274 e. The molecule has 0 radical (unpaired) electrons. The molecule has 7 heteroatoms. The summed E-state index contributed by atoms with van der Waals surface area (Å²) in [4.78, 5) is 28.2. The topological polar surface area (TPSA) is 75.4 Å². The third-order valence-electron chi connectivity index (χ3n) is 4.58. The molecule has 4 rings (SSSR count). The van der Waals surface area contributed by atoms with Gasteiger partial charge in [-0.15, -0.1) is 0 Å². The summed E-state index contributed by atoms with van der Waals surface area (Å²) >= 11 is 0. The van der Waals surface area contributed by atoms with Crippen LogP contribution in [0.3, 0.4) is 0 Å². The number of carbonyl (C=O) groups excluding carboxylic acids is 1. The summed E-state index contributed by atoms with van der Waals surface area (Å²) in [5.74, 6) is 0.653. The van der Waals surface area contributed by atoms with Gasteiger partial charge in [0.25, 0.3) is 5.91 Å². The number of aromatic nitrogens is 4. The van der Waals surface area contributed by atoms with E-state index >= 15 is 0 Å². The van der Waals surface area contributed by atoms with Crippen molar-refractivity contribution in [1.82, 2.24) is 24.3 Å². The molecule has 128 valence electrons. The molecule has 0 saturated carbocycles. The minimum absolute atomic E-state index is 0.0551. The summed E-state index contributed by atoms with van der Waals surface area (Å²) in [5, 5.41) is 3.00. The number of pyridine rings is 1. The zero-order valence-electron chi connectivity index (χ0n) is 14.3. The fourth-order valence-corrected chi connectivity index (χ4v) is 3.33. The first-order chi connectivity index (χ1) is 12.2. The van der Waals surface area contributed by atoms with Gasteiger partial charge in [-0.2, -0.15) is 0 Å². The van der Waals surface area contributed by atoms with Crippen LogP contribution >= 0.6 is 0 Å². The van der Waals surface area contributed by atoms with Crippen LogP contribution in [-0.2, 0) is 0 Å². The molecular weight excluding hydrogens is 316 g/mol. The molecule has 1 unspecified atom stereocenters. The Morgan fingerprint density at radius 1 is 1.24 bits per heavy atom. The van der Waals surface area contributed by atoms with Crippen molar-refractivity contribution in [1.29, 1.82) is 0 Å². The van der Waals surface area contributed by atoms with Gasteiger partial charge in [0, 0.05) is 26.0 Å². The monoisotopic (exact) mass is 336 g/mol. The molecule has 3 aromatic heterocycles. The van der Waals surface area contributed by atoms with E-state index < -0.39 is 0 Å². The molecule has 7 nitrogen and oxygen atoms in total. The van der Waals surface area contributed by atoms with Crippen molar-refractivity contribution in [2.45, 2.75) is 25.8 Å². The van der Waals surface area contributed by atoms with E-state index in [0.29, 0.717) is 18.1 Å². The number of nitrogens with zero attached hydrogens (tertiary/aromatic N) is 5. The van der Waals surface area contributed by atoms with Crippen LogP contribution in [0.15, 0.2) is 36.9 Å². The molecule has 0 aliphatic carbocycles. The Bertz CT molecular complexity index is 934. The van der Waals surface area contributed by atoms with Crippen molar-refractivity contribution in [3.63, 3.8) is 0 Å². The third kappa shape index (κ3) is 2.82. The number of likely N-dealkylation sites (tertiary alicyclic amines) is 1. The van der Waals surface area contributed by atoms with Crippen molar-refractivity contribution in [3.05, 3.63) is 53.9 Å². The van der Waals surface area contributed by atoms with E-state index in [1.807, 2.05) is 41.6 Å². The molecule has 3 aromatic rings. The number of nitrogens with one attached hydrogen (secondary N) is 1. The molecule has 1 atom stereocenters. The number of fused-ring (bicyclic) bond motifs is 1. The maximum absolute atomic E-state index is 13.0. The first-order valence-corrected chi connectivity index (χ1v) is 8.42. The fraction of sp³-hybridized carbons (Fsp3) is 0.333. The number of hydrogen-bond acceptors (Lipinski definition) is 5. The molecule has 0 aromatic carbocycles. The van der Waals surface area contributed by atoms with E-state index in [-0.39, 0.29) is 11.9 Å². The van der Waals surface area contributed by atoms with Crippen LogP contribution in [0.2, 0.25) is 0 Å². The number of rotatable bonds is 3. The SMILES string of the molecule is CNc1cncc(C2CCCN2C(=O)c2cn3cc(C)ccc3n2)n1. The normalized spacial score (nSPS) is 17.2. The molecule has 0 bridgehead atoms. The molecule has 1 aliphatic heterocycles. The highest BCUT2D eigenvalue weighted by Crippen LogP contribution is 2.32. The highest BCUT2D eigenvalue weighted by Gasteiger charge is 2.33. The lowest BCUT2D eigenvalue weighted by Crippen LogP contribution is -2.31. The van der Waals surface area contributed by atoms with Gasteiger partial charge < -0.3 is 14.6 Å². The minimum Gasteiger partial charge on any atom is -0.372 e. The van der Waals surface area contributed by atoms with Gasteiger partial charge in [0.05, 0.1) is 24.1 Å². The highest BCUT2D eigenvalue weighted by molar-refractivity contribution is 5.93. The number of aryl methyl sites for hydroxylation is 1. The molecule has 4 heterocycles. The third-order valence-corrected chi connectivity index (χ3v) is 4.58. The van der Waals surface area contributed by atoms with Crippen LogP contribution in [0.4, 0.5) is 5.82 Å². The number of carbonyl (C=O) groups is 1. The molecule has 1 amide bonds. The van der Waals surface area contributed by atoms with Crippen LogP contribution in [0.5, 0.6) is 0 Å². The van der Waals surface area contributed by atoms with E-state index in [0.717, 1.165) is 29.7 Å². The smallest absolute Gasteiger partial charge is 0.274 e. The van der Waals surface area contributed by atoms with Gasteiger partial charge in [-0.3, -0.25) is 9.78 Å². The van der Waals surface area contributed by atoms with Gasteiger partial charge in [0.15, 0.2) is 0 Å². The van der Waals surface area contributed by atoms with Crippen molar-refractivity contribution < 1.29 is 4.79 Å². The van der Waals surface area contributed by atoms with Crippen molar-refractivity contribution in [2.75, 3.05) is 18.9 Å². The van der Waals surface area contributed by atoms with Crippen molar-refractivity contribution in [3.8, 4) is 0 Å². The first-order valence-electron chi connectivity index (χ1n) is 8.42. The maximum atomic E-state index is 13.0. The zero-order valence-corrected chi connectivity index (χ0v) is 14.3. The van der Waals surface area contributed by atoms with Crippen LogP contribution in [0, 0.1) is 6.92 Å². The summed E-state index contributed by atoms with van der Waals surface area (Å²) < 4.78 is 1.90. The van der Waals surface area contributed by atoms with Gasteiger partial charge in [0.2, 0.25) is 0 Å². The molecule has 1 saturated heterocycles. The predicted molar refractivity (Wildman–Crippen MR) is 94.5 cm³/mol. The Morgan fingerprint density at radius 2 is 2.12 bits per heavy atom. The van der Waals surface area contributed by atoms with E-state index in [4.69, 9.17) is 0 Å². The largest absolute Gasteiger partial charge is 0.372 e. The Kier molecular flexibility index (Phi) is 3.83. The van der Waals surface area contributed by atoms with Gasteiger partial charge >= 0.3 is 0 Å². The Balaban J connectivity index is 1.65. The number of amides is 1. The average Bonchev–Trinajstić information content (AvgIpc) is 3.27. The average molecular weight is 336 g/mol. The lowest BCUT2D eigenvalue weighted by molar-refractivity contribution is 0.0727. The van der Waals surface area contributed by atoms with E-state index in [2.05, 4.69) is 20.3 Å². The minimum atomic E-state index is -0.0557. The molecule has 25 heavy (non-hydrogen) atoms. The van der Waals surface area contributed by atoms with E-state index in [1.165, 1.54) is 0 Å². The van der Waals surface area contributed by atoms with Crippen LogP contribution < -0.4 is 5.32 Å². The van der Waals surface area contributed by atoms with E-state index in [1.54, 1.807) is 18.6 Å². The molecule has 1 aliphatic rings. The number of hydrogen-bond donors (Lipinski definition) is 1. The summed E-state index contributed by atoms with van der Waals surface area (Å²) in [5.41, 5.74) is 3.19. The fourth-order valence-electron chi connectivity index (χ4n) is 3.33. The second kappa shape index (κ2) is 6.16. The lowest BCUT2D eigenvalue weighted by Gasteiger charge is -2.23. The van der Waals surface area contributed by atoms with Gasteiger partial charge in [0.1, 0.15) is 17.2 Å². The van der Waals surface area contributed by atoms with Crippen molar-refractivity contribution >= 4 is 17.4 Å². The van der Waals surface area contributed by atoms with Gasteiger partial charge in [-0.05, 0) is 31.4 Å². The number of imidazole rings is 1. The van der Waals surface area contributed by atoms with Crippen LogP contribution in [0.1, 0.15) is 40.6 Å². The predicted octanol–water partition coefficient (Wildman–Crippen LogP) is 2.45. The van der Waals surface area contributed by atoms with Crippen molar-refractivity contribution in [2.24, 2.45) is 0 Å². The summed E-state index contributed by atoms with van der Waals surface area (Å²) in [6.07, 6.45) is 9.03.